The first kappa shape index (κ1) is 12.6. The number of carbonyl (C=O) groups is 1. The molecule has 18 heavy (non-hydrogen) atoms. The molecule has 94 valence electrons. The number of hydrogen-bond acceptors (Lipinski definition) is 3. The first-order valence-corrected chi connectivity index (χ1v) is 6.17. The van der Waals surface area contributed by atoms with Crippen LogP contribution < -0.4 is 0 Å². The molecular weight excluding hydrogens is 226 g/mol. The molecule has 1 aromatic heterocycles. The Morgan fingerprint density at radius 2 is 2.17 bits per heavy atom. The molecule has 0 saturated heterocycles. The van der Waals surface area contributed by atoms with Crippen molar-refractivity contribution in [3.63, 3.8) is 0 Å². The Labute approximate surface area is 107 Å². The first-order chi connectivity index (χ1) is 8.72. The number of rotatable bonds is 3. The van der Waals surface area contributed by atoms with Gasteiger partial charge >= 0.3 is 5.97 Å². The summed E-state index contributed by atoms with van der Waals surface area (Å²) in [7, 11) is 0. The molecule has 0 amide bonds. The summed E-state index contributed by atoms with van der Waals surface area (Å²) < 4.78 is 5.14. The summed E-state index contributed by atoms with van der Waals surface area (Å²) in [5, 5.41) is 0. The van der Waals surface area contributed by atoms with Gasteiger partial charge < -0.3 is 4.74 Å². The van der Waals surface area contributed by atoms with Crippen molar-refractivity contribution >= 4 is 11.5 Å². The zero-order valence-electron chi connectivity index (χ0n) is 10.7. The van der Waals surface area contributed by atoms with Crippen molar-refractivity contribution < 1.29 is 9.53 Å². The second-order valence-electron chi connectivity index (χ2n) is 4.32. The Balaban J connectivity index is 2.32. The van der Waals surface area contributed by atoms with Gasteiger partial charge in [0.15, 0.2) is 0 Å². The molecule has 0 radical (unpaired) electrons. The molecule has 0 fully saturated rings. The van der Waals surface area contributed by atoms with Crippen LogP contribution in [0.2, 0.25) is 0 Å². The van der Waals surface area contributed by atoms with Crippen molar-refractivity contribution in [2.45, 2.75) is 20.3 Å². The lowest BCUT2D eigenvalue weighted by atomic mass is 9.85. The van der Waals surface area contributed by atoms with Crippen molar-refractivity contribution in [3.05, 3.63) is 47.8 Å². The SMILES string of the molecule is CCOC(=O)C1CC=C(C)C=C1c1ccncc1. The van der Waals surface area contributed by atoms with Crippen molar-refractivity contribution in [1.29, 1.82) is 0 Å². The van der Waals surface area contributed by atoms with E-state index in [4.69, 9.17) is 4.74 Å². The number of ether oxygens (including phenoxy) is 1. The van der Waals surface area contributed by atoms with E-state index >= 15 is 0 Å². The number of allylic oxidation sites excluding steroid dienone is 3. The van der Waals surface area contributed by atoms with Crippen LogP contribution in [-0.4, -0.2) is 17.6 Å². The zero-order chi connectivity index (χ0) is 13.0. The third kappa shape index (κ3) is 2.67. The Bertz CT molecular complexity index is 488. The molecule has 1 heterocycles. The van der Waals surface area contributed by atoms with Gasteiger partial charge in [-0.2, -0.15) is 0 Å². The Kier molecular flexibility index (Phi) is 3.92. The summed E-state index contributed by atoms with van der Waals surface area (Å²) >= 11 is 0. The van der Waals surface area contributed by atoms with Crippen LogP contribution in [0.1, 0.15) is 25.8 Å². The fourth-order valence-electron chi connectivity index (χ4n) is 2.13. The van der Waals surface area contributed by atoms with E-state index in [-0.39, 0.29) is 11.9 Å². The van der Waals surface area contributed by atoms with E-state index in [9.17, 15) is 4.79 Å². The molecule has 0 spiro atoms. The molecule has 0 bridgehead atoms. The number of nitrogens with zero attached hydrogens (tertiary/aromatic N) is 1. The summed E-state index contributed by atoms with van der Waals surface area (Å²) in [5.74, 6) is -0.347. The largest absolute Gasteiger partial charge is 0.466 e. The molecule has 1 aromatic rings. The predicted molar refractivity (Wildman–Crippen MR) is 70.7 cm³/mol. The summed E-state index contributed by atoms with van der Waals surface area (Å²) in [6, 6.07) is 3.85. The fraction of sp³-hybridized carbons (Fsp3) is 0.333. The Hall–Kier alpha value is -1.90. The van der Waals surface area contributed by atoms with Crippen molar-refractivity contribution in [1.82, 2.24) is 4.98 Å². The molecular formula is C15H17NO2. The van der Waals surface area contributed by atoms with Crippen molar-refractivity contribution in [2.24, 2.45) is 5.92 Å². The molecule has 2 rings (SSSR count). The monoisotopic (exact) mass is 243 g/mol. The lowest BCUT2D eigenvalue weighted by Crippen LogP contribution is -2.20. The Morgan fingerprint density at radius 3 is 2.83 bits per heavy atom. The number of carbonyl (C=O) groups excluding carboxylic acids is 1. The predicted octanol–water partition coefficient (Wildman–Crippen LogP) is 2.99. The molecule has 3 heteroatoms. The maximum atomic E-state index is 12.0. The quantitative estimate of drug-likeness (QED) is 0.766. The average molecular weight is 243 g/mol. The van der Waals surface area contributed by atoms with Gasteiger partial charge in [0.1, 0.15) is 0 Å². The van der Waals surface area contributed by atoms with Crippen LogP contribution in [0.15, 0.2) is 42.3 Å². The second kappa shape index (κ2) is 5.63. The van der Waals surface area contributed by atoms with E-state index < -0.39 is 0 Å². The fourth-order valence-corrected chi connectivity index (χ4v) is 2.13. The van der Waals surface area contributed by atoms with Crippen LogP contribution in [-0.2, 0) is 9.53 Å². The molecule has 0 aliphatic heterocycles. The van der Waals surface area contributed by atoms with E-state index in [1.54, 1.807) is 12.4 Å². The number of pyridine rings is 1. The zero-order valence-corrected chi connectivity index (χ0v) is 10.7. The van der Waals surface area contributed by atoms with E-state index in [0.717, 1.165) is 11.1 Å². The van der Waals surface area contributed by atoms with Crippen LogP contribution in [0, 0.1) is 5.92 Å². The minimum atomic E-state index is -0.198. The summed E-state index contributed by atoms with van der Waals surface area (Å²) in [4.78, 5) is 16.0. The lowest BCUT2D eigenvalue weighted by molar-refractivity contribution is -0.145. The van der Waals surface area contributed by atoms with E-state index in [1.807, 2.05) is 26.0 Å². The number of aromatic nitrogens is 1. The van der Waals surface area contributed by atoms with Crippen LogP contribution in [0.4, 0.5) is 0 Å². The third-order valence-corrected chi connectivity index (χ3v) is 3.02. The third-order valence-electron chi connectivity index (χ3n) is 3.02. The van der Waals surface area contributed by atoms with E-state index in [2.05, 4.69) is 17.1 Å². The summed E-state index contributed by atoms with van der Waals surface area (Å²) in [6.07, 6.45) is 8.32. The molecule has 3 nitrogen and oxygen atoms in total. The van der Waals surface area contributed by atoms with Crippen LogP contribution in [0.5, 0.6) is 0 Å². The summed E-state index contributed by atoms with van der Waals surface area (Å²) in [6.45, 7) is 4.29. The van der Waals surface area contributed by atoms with Crippen LogP contribution in [0.25, 0.3) is 5.57 Å². The van der Waals surface area contributed by atoms with E-state index in [0.29, 0.717) is 13.0 Å². The van der Waals surface area contributed by atoms with Crippen LogP contribution >= 0.6 is 0 Å². The first-order valence-electron chi connectivity index (χ1n) is 6.17. The highest BCUT2D eigenvalue weighted by molar-refractivity contribution is 5.90. The van der Waals surface area contributed by atoms with Gasteiger partial charge in [-0.05, 0) is 43.5 Å². The maximum absolute atomic E-state index is 12.0. The van der Waals surface area contributed by atoms with Gasteiger partial charge in [-0.3, -0.25) is 9.78 Å². The van der Waals surface area contributed by atoms with Gasteiger partial charge in [0.05, 0.1) is 12.5 Å². The van der Waals surface area contributed by atoms with Gasteiger partial charge in [0.25, 0.3) is 0 Å². The lowest BCUT2D eigenvalue weighted by Gasteiger charge is -2.21. The molecule has 0 aromatic carbocycles. The molecule has 1 aliphatic carbocycles. The highest BCUT2D eigenvalue weighted by Crippen LogP contribution is 2.32. The van der Waals surface area contributed by atoms with Gasteiger partial charge in [0, 0.05) is 12.4 Å². The molecule has 1 atom stereocenters. The average Bonchev–Trinajstić information content (AvgIpc) is 2.40. The number of hydrogen-bond donors (Lipinski definition) is 0. The van der Waals surface area contributed by atoms with Gasteiger partial charge in [-0.15, -0.1) is 0 Å². The highest BCUT2D eigenvalue weighted by atomic mass is 16.5. The smallest absolute Gasteiger partial charge is 0.313 e. The molecule has 1 aliphatic rings. The van der Waals surface area contributed by atoms with E-state index in [1.165, 1.54) is 5.57 Å². The molecule has 0 N–H and O–H groups in total. The van der Waals surface area contributed by atoms with Gasteiger partial charge in [-0.1, -0.05) is 17.7 Å². The standard InChI is InChI=1S/C15H17NO2/c1-3-18-15(17)13-5-4-11(2)10-14(13)12-6-8-16-9-7-12/h4,6-10,13H,3,5H2,1-2H3. The van der Waals surface area contributed by atoms with Crippen LogP contribution in [0.3, 0.4) is 0 Å². The van der Waals surface area contributed by atoms with Crippen molar-refractivity contribution in [2.75, 3.05) is 6.61 Å². The highest BCUT2D eigenvalue weighted by Gasteiger charge is 2.26. The molecule has 1 unspecified atom stereocenters. The van der Waals surface area contributed by atoms with Gasteiger partial charge in [-0.25, -0.2) is 0 Å². The minimum Gasteiger partial charge on any atom is -0.466 e. The Morgan fingerprint density at radius 1 is 1.44 bits per heavy atom. The van der Waals surface area contributed by atoms with Crippen molar-refractivity contribution in [3.8, 4) is 0 Å². The molecule has 0 saturated carbocycles. The maximum Gasteiger partial charge on any atom is 0.313 e. The topological polar surface area (TPSA) is 39.2 Å². The summed E-state index contributed by atoms with van der Waals surface area (Å²) in [5.41, 5.74) is 3.24. The normalized spacial score (nSPS) is 18.9. The van der Waals surface area contributed by atoms with Gasteiger partial charge in [0.2, 0.25) is 0 Å². The number of esters is 1. The second-order valence-corrected chi connectivity index (χ2v) is 4.32. The minimum absolute atomic E-state index is 0.149.